The lowest BCUT2D eigenvalue weighted by atomic mass is 10.2. The Morgan fingerprint density at radius 2 is 1.91 bits per heavy atom. The van der Waals surface area contributed by atoms with Gasteiger partial charge >= 0.3 is 0 Å². The highest BCUT2D eigenvalue weighted by Gasteiger charge is 2.09. The SMILES string of the molecule is Cc1nnc(-c2ccc(OCc3c(F)cccc3Cl)cc2)o1. The Hall–Kier alpha value is -2.40. The monoisotopic (exact) mass is 318 g/mol. The highest BCUT2D eigenvalue weighted by molar-refractivity contribution is 6.31. The molecule has 3 rings (SSSR count). The van der Waals surface area contributed by atoms with Gasteiger partial charge in [-0.25, -0.2) is 4.39 Å². The van der Waals surface area contributed by atoms with E-state index in [1.54, 1.807) is 43.3 Å². The second-order valence-electron chi connectivity index (χ2n) is 4.64. The Morgan fingerprint density at radius 1 is 1.14 bits per heavy atom. The average molecular weight is 319 g/mol. The Balaban J connectivity index is 1.71. The molecule has 0 saturated heterocycles. The third-order valence-corrected chi connectivity index (χ3v) is 3.43. The second-order valence-corrected chi connectivity index (χ2v) is 5.05. The lowest BCUT2D eigenvalue weighted by Crippen LogP contribution is -1.99. The fraction of sp³-hybridized carbons (Fsp3) is 0.125. The molecule has 0 N–H and O–H groups in total. The first-order chi connectivity index (χ1) is 10.6. The van der Waals surface area contributed by atoms with Gasteiger partial charge in [-0.2, -0.15) is 0 Å². The summed E-state index contributed by atoms with van der Waals surface area (Å²) in [6.45, 7) is 1.79. The summed E-state index contributed by atoms with van der Waals surface area (Å²) in [6, 6.07) is 11.6. The van der Waals surface area contributed by atoms with E-state index < -0.39 is 0 Å². The highest BCUT2D eigenvalue weighted by Crippen LogP contribution is 2.24. The van der Waals surface area contributed by atoms with Crippen LogP contribution in [-0.4, -0.2) is 10.2 Å². The maximum Gasteiger partial charge on any atom is 0.247 e. The fourth-order valence-electron chi connectivity index (χ4n) is 1.93. The van der Waals surface area contributed by atoms with Crippen molar-refractivity contribution in [1.29, 1.82) is 0 Å². The highest BCUT2D eigenvalue weighted by atomic mass is 35.5. The molecular formula is C16H12ClFN2O2. The Kier molecular flexibility index (Phi) is 4.06. The van der Waals surface area contributed by atoms with Crippen LogP contribution in [0.15, 0.2) is 46.9 Å². The summed E-state index contributed by atoms with van der Waals surface area (Å²) in [4.78, 5) is 0. The van der Waals surface area contributed by atoms with Gasteiger partial charge in [0.2, 0.25) is 11.8 Å². The van der Waals surface area contributed by atoms with Crippen LogP contribution in [-0.2, 0) is 6.61 Å². The molecule has 3 aromatic rings. The standard InChI is InChI=1S/C16H12ClFN2O2/c1-10-19-20-16(22-10)11-5-7-12(8-6-11)21-9-13-14(17)3-2-4-15(13)18/h2-8H,9H2,1H3. The Bertz CT molecular complexity index is 767. The zero-order chi connectivity index (χ0) is 15.5. The number of ether oxygens (including phenoxy) is 1. The molecule has 0 unspecified atom stereocenters. The van der Waals surface area contributed by atoms with Gasteiger partial charge in [-0.3, -0.25) is 0 Å². The van der Waals surface area contributed by atoms with Crippen LogP contribution in [0, 0.1) is 12.7 Å². The predicted molar refractivity (Wildman–Crippen MR) is 80.2 cm³/mol. The summed E-state index contributed by atoms with van der Waals surface area (Å²) >= 11 is 5.96. The number of rotatable bonds is 4. The fourth-order valence-corrected chi connectivity index (χ4v) is 2.15. The molecule has 1 heterocycles. The van der Waals surface area contributed by atoms with E-state index in [1.165, 1.54) is 6.07 Å². The third-order valence-electron chi connectivity index (χ3n) is 3.07. The van der Waals surface area contributed by atoms with E-state index >= 15 is 0 Å². The van der Waals surface area contributed by atoms with Gasteiger partial charge in [0.05, 0.1) is 5.02 Å². The summed E-state index contributed by atoms with van der Waals surface area (Å²) in [5, 5.41) is 8.06. The number of hydrogen-bond acceptors (Lipinski definition) is 4. The summed E-state index contributed by atoms with van der Waals surface area (Å²) in [7, 11) is 0. The van der Waals surface area contributed by atoms with Crippen LogP contribution < -0.4 is 4.74 Å². The van der Waals surface area contributed by atoms with E-state index in [4.69, 9.17) is 20.8 Å². The van der Waals surface area contributed by atoms with E-state index in [1.807, 2.05) is 0 Å². The molecule has 0 spiro atoms. The molecule has 1 aromatic heterocycles. The minimum Gasteiger partial charge on any atom is -0.489 e. The zero-order valence-corrected chi connectivity index (χ0v) is 12.5. The Morgan fingerprint density at radius 3 is 2.55 bits per heavy atom. The first kappa shape index (κ1) is 14.5. The molecule has 0 aliphatic heterocycles. The third kappa shape index (κ3) is 3.09. The van der Waals surface area contributed by atoms with Crippen LogP contribution in [0.1, 0.15) is 11.5 Å². The summed E-state index contributed by atoms with van der Waals surface area (Å²) in [5.74, 6) is 1.16. The van der Waals surface area contributed by atoms with Crippen molar-refractivity contribution < 1.29 is 13.5 Å². The number of halogens is 2. The van der Waals surface area contributed by atoms with Gasteiger partial charge in [-0.05, 0) is 36.4 Å². The molecule has 0 aliphatic carbocycles. The van der Waals surface area contributed by atoms with E-state index in [0.717, 1.165) is 5.56 Å². The molecule has 0 bridgehead atoms. The number of benzene rings is 2. The normalized spacial score (nSPS) is 10.7. The van der Waals surface area contributed by atoms with Gasteiger partial charge in [0.15, 0.2) is 0 Å². The van der Waals surface area contributed by atoms with Crippen molar-refractivity contribution in [3.8, 4) is 17.2 Å². The predicted octanol–water partition coefficient (Wildman–Crippen LogP) is 4.42. The van der Waals surface area contributed by atoms with E-state index in [0.29, 0.717) is 28.1 Å². The number of nitrogens with zero attached hydrogens (tertiary/aromatic N) is 2. The maximum absolute atomic E-state index is 13.6. The van der Waals surface area contributed by atoms with Gasteiger partial charge in [0, 0.05) is 18.1 Å². The lowest BCUT2D eigenvalue weighted by molar-refractivity contribution is 0.300. The van der Waals surface area contributed by atoms with Gasteiger partial charge in [-0.15, -0.1) is 10.2 Å². The molecular weight excluding hydrogens is 307 g/mol. The van der Waals surface area contributed by atoms with Crippen LogP contribution >= 0.6 is 11.6 Å². The number of hydrogen-bond donors (Lipinski definition) is 0. The first-order valence-corrected chi connectivity index (χ1v) is 6.97. The molecule has 0 fully saturated rings. The summed E-state index contributed by atoms with van der Waals surface area (Å²) in [5.41, 5.74) is 1.12. The average Bonchev–Trinajstić information content (AvgIpc) is 2.94. The van der Waals surface area contributed by atoms with Crippen molar-refractivity contribution in [2.75, 3.05) is 0 Å². The topological polar surface area (TPSA) is 48.2 Å². The van der Waals surface area contributed by atoms with Crippen LogP contribution in [0.2, 0.25) is 5.02 Å². The molecule has 0 atom stereocenters. The van der Waals surface area contributed by atoms with E-state index in [2.05, 4.69) is 10.2 Å². The quantitative estimate of drug-likeness (QED) is 0.714. The van der Waals surface area contributed by atoms with Crippen LogP contribution in [0.25, 0.3) is 11.5 Å². The molecule has 0 saturated carbocycles. The van der Waals surface area contributed by atoms with Crippen molar-refractivity contribution in [2.45, 2.75) is 13.5 Å². The minimum atomic E-state index is -0.384. The van der Waals surface area contributed by atoms with Crippen LogP contribution in [0.5, 0.6) is 5.75 Å². The van der Waals surface area contributed by atoms with Gasteiger partial charge in [0.1, 0.15) is 18.2 Å². The molecule has 2 aromatic carbocycles. The lowest BCUT2D eigenvalue weighted by Gasteiger charge is -2.09. The second kappa shape index (κ2) is 6.15. The van der Waals surface area contributed by atoms with Crippen molar-refractivity contribution in [3.63, 3.8) is 0 Å². The molecule has 22 heavy (non-hydrogen) atoms. The van der Waals surface area contributed by atoms with E-state index in [-0.39, 0.29) is 12.4 Å². The number of aromatic nitrogens is 2. The molecule has 0 radical (unpaired) electrons. The Labute approximate surface area is 131 Å². The van der Waals surface area contributed by atoms with Crippen LogP contribution in [0.3, 0.4) is 0 Å². The van der Waals surface area contributed by atoms with Crippen molar-refractivity contribution >= 4 is 11.6 Å². The summed E-state index contributed by atoms with van der Waals surface area (Å²) < 4.78 is 24.5. The molecule has 112 valence electrons. The van der Waals surface area contributed by atoms with Crippen molar-refractivity contribution in [2.24, 2.45) is 0 Å². The smallest absolute Gasteiger partial charge is 0.247 e. The first-order valence-electron chi connectivity index (χ1n) is 6.60. The maximum atomic E-state index is 13.6. The minimum absolute atomic E-state index is 0.0600. The number of aryl methyl sites for hydroxylation is 1. The largest absolute Gasteiger partial charge is 0.489 e. The molecule has 6 heteroatoms. The molecule has 4 nitrogen and oxygen atoms in total. The van der Waals surface area contributed by atoms with Gasteiger partial charge in [-0.1, -0.05) is 17.7 Å². The van der Waals surface area contributed by atoms with Crippen LogP contribution in [0.4, 0.5) is 4.39 Å². The van der Waals surface area contributed by atoms with E-state index in [9.17, 15) is 4.39 Å². The van der Waals surface area contributed by atoms with Gasteiger partial charge < -0.3 is 9.15 Å². The molecule has 0 aliphatic rings. The van der Waals surface area contributed by atoms with Crippen molar-refractivity contribution in [1.82, 2.24) is 10.2 Å². The zero-order valence-electron chi connectivity index (χ0n) is 11.7. The summed E-state index contributed by atoms with van der Waals surface area (Å²) in [6.07, 6.45) is 0. The molecule has 0 amide bonds. The van der Waals surface area contributed by atoms with Crippen molar-refractivity contribution in [3.05, 3.63) is 64.8 Å². The van der Waals surface area contributed by atoms with Gasteiger partial charge in [0.25, 0.3) is 0 Å².